The van der Waals surface area contributed by atoms with Crippen LogP contribution in [0.15, 0.2) is 18.2 Å². The number of hydrogen-bond acceptors (Lipinski definition) is 4. The lowest BCUT2D eigenvalue weighted by Gasteiger charge is -2.41. The Morgan fingerprint density at radius 3 is 2.21 bits per heavy atom. The zero-order chi connectivity index (χ0) is 22.5. The fourth-order valence-corrected chi connectivity index (χ4v) is 4.61. The molecule has 1 aliphatic heterocycles. The molecule has 168 valence electrons. The van der Waals surface area contributed by atoms with E-state index in [-0.39, 0.29) is 35.9 Å². The Labute approximate surface area is 172 Å². The smallest absolute Gasteiger partial charge is 0.418 e. The predicted molar refractivity (Wildman–Crippen MR) is 107 cm³/mol. The van der Waals surface area contributed by atoms with Crippen LogP contribution in [0.1, 0.15) is 39.7 Å². The van der Waals surface area contributed by atoms with Crippen molar-refractivity contribution in [1.29, 1.82) is 0 Å². The molecule has 29 heavy (non-hydrogen) atoms. The number of ether oxygens (including phenoxy) is 1. The van der Waals surface area contributed by atoms with Gasteiger partial charge in [-0.3, -0.25) is 9.11 Å². The SMILES string of the molecule is CC.COc1ccc(F)cc1C(C)(C)CC(O)(CN1CCS(=O)CC1)C(F)(F)F. The van der Waals surface area contributed by atoms with E-state index in [0.717, 1.165) is 6.07 Å². The molecule has 1 aromatic carbocycles. The van der Waals surface area contributed by atoms with Crippen molar-refractivity contribution in [3.05, 3.63) is 29.6 Å². The molecule has 0 spiro atoms. The summed E-state index contributed by atoms with van der Waals surface area (Å²) in [4.78, 5) is 1.48. The minimum atomic E-state index is -4.87. The van der Waals surface area contributed by atoms with E-state index in [1.54, 1.807) is 0 Å². The lowest BCUT2D eigenvalue weighted by atomic mass is 9.74. The Hall–Kier alpha value is -1.19. The topological polar surface area (TPSA) is 49.8 Å². The van der Waals surface area contributed by atoms with E-state index in [1.807, 2.05) is 13.8 Å². The van der Waals surface area contributed by atoms with Crippen molar-refractivity contribution in [2.45, 2.75) is 51.3 Å². The Balaban J connectivity index is 0.00000204. The Kier molecular flexibility index (Phi) is 9.11. The first kappa shape index (κ1) is 25.8. The summed E-state index contributed by atoms with van der Waals surface area (Å²) in [6, 6.07) is 3.67. The summed E-state index contributed by atoms with van der Waals surface area (Å²) in [5, 5.41) is 10.6. The molecule has 9 heteroatoms. The molecule has 0 radical (unpaired) electrons. The number of benzene rings is 1. The first-order valence-electron chi connectivity index (χ1n) is 9.58. The molecule has 1 atom stereocenters. The Morgan fingerprint density at radius 1 is 1.17 bits per heavy atom. The van der Waals surface area contributed by atoms with Crippen LogP contribution in [0, 0.1) is 5.82 Å². The maximum absolute atomic E-state index is 13.8. The third-order valence-electron chi connectivity index (χ3n) is 4.91. The van der Waals surface area contributed by atoms with Crippen molar-refractivity contribution in [3.63, 3.8) is 0 Å². The summed E-state index contributed by atoms with van der Waals surface area (Å²) in [7, 11) is 0.329. The third kappa shape index (κ3) is 6.65. The van der Waals surface area contributed by atoms with Gasteiger partial charge >= 0.3 is 6.18 Å². The highest BCUT2D eigenvalue weighted by atomic mass is 32.2. The van der Waals surface area contributed by atoms with Gasteiger partial charge in [0.05, 0.1) is 7.11 Å². The summed E-state index contributed by atoms with van der Waals surface area (Å²) in [6.07, 6.45) is -5.54. The minimum absolute atomic E-state index is 0.231. The molecule has 0 amide bonds. The number of nitrogens with zero attached hydrogens (tertiary/aromatic N) is 1. The molecule has 1 aliphatic rings. The molecule has 0 aliphatic carbocycles. The third-order valence-corrected chi connectivity index (χ3v) is 6.18. The Morgan fingerprint density at radius 2 is 1.72 bits per heavy atom. The van der Waals surface area contributed by atoms with Crippen LogP contribution in [0.5, 0.6) is 5.75 Å². The molecule has 1 aromatic rings. The van der Waals surface area contributed by atoms with Gasteiger partial charge in [0, 0.05) is 47.5 Å². The molecule has 0 bridgehead atoms. The van der Waals surface area contributed by atoms with Crippen molar-refractivity contribution < 1.29 is 31.6 Å². The number of rotatable bonds is 6. The molecule has 0 saturated carbocycles. The number of alkyl halides is 3. The summed E-state index contributed by atoms with van der Waals surface area (Å²) < 4.78 is 71.7. The predicted octanol–water partition coefficient (Wildman–Crippen LogP) is 3.89. The first-order valence-corrected chi connectivity index (χ1v) is 11.1. The van der Waals surface area contributed by atoms with E-state index < -0.39 is 46.8 Å². The van der Waals surface area contributed by atoms with Crippen LogP contribution in [-0.2, 0) is 16.2 Å². The molecule has 1 heterocycles. The van der Waals surface area contributed by atoms with E-state index in [9.17, 15) is 26.9 Å². The molecule has 0 aromatic heterocycles. The lowest BCUT2D eigenvalue weighted by molar-refractivity contribution is -0.271. The van der Waals surface area contributed by atoms with Gasteiger partial charge in [-0.15, -0.1) is 0 Å². The highest BCUT2D eigenvalue weighted by Crippen LogP contribution is 2.44. The molecule has 1 N–H and O–H groups in total. The number of hydrogen-bond donors (Lipinski definition) is 1. The van der Waals surface area contributed by atoms with Crippen molar-refractivity contribution in [1.82, 2.24) is 4.90 Å². The average Bonchev–Trinajstić information content (AvgIpc) is 2.64. The molecule has 1 fully saturated rings. The summed E-state index contributed by atoms with van der Waals surface area (Å²) in [5.41, 5.74) is -3.95. The molecular formula is C20H31F4NO3S. The average molecular weight is 442 g/mol. The monoisotopic (exact) mass is 441 g/mol. The van der Waals surface area contributed by atoms with Crippen LogP contribution in [0.4, 0.5) is 17.6 Å². The molecule has 1 unspecified atom stereocenters. The number of halogens is 4. The van der Waals surface area contributed by atoms with Crippen molar-refractivity contribution >= 4 is 10.8 Å². The van der Waals surface area contributed by atoms with E-state index in [1.165, 1.54) is 38.0 Å². The highest BCUT2D eigenvalue weighted by molar-refractivity contribution is 7.85. The number of β-amino-alcohol motifs (C(OH)–C–C–N with tert-alkyl or cyclic N) is 1. The largest absolute Gasteiger partial charge is 0.496 e. The Bertz CT molecular complexity index is 687. The van der Waals surface area contributed by atoms with Gasteiger partial charge < -0.3 is 9.84 Å². The van der Waals surface area contributed by atoms with Crippen LogP contribution in [0.3, 0.4) is 0 Å². The van der Waals surface area contributed by atoms with Crippen LogP contribution >= 0.6 is 0 Å². The van der Waals surface area contributed by atoms with Gasteiger partial charge in [-0.1, -0.05) is 27.7 Å². The molecule has 2 rings (SSSR count). The zero-order valence-electron chi connectivity index (χ0n) is 17.6. The summed E-state index contributed by atoms with van der Waals surface area (Å²) in [6.45, 7) is 6.89. The van der Waals surface area contributed by atoms with Gasteiger partial charge in [0.1, 0.15) is 11.6 Å². The normalized spacial score (nSPS) is 18.6. The van der Waals surface area contributed by atoms with Crippen LogP contribution in [0.2, 0.25) is 0 Å². The first-order chi connectivity index (χ1) is 13.4. The maximum Gasteiger partial charge on any atom is 0.418 e. The second kappa shape index (κ2) is 10.2. The minimum Gasteiger partial charge on any atom is -0.496 e. The highest BCUT2D eigenvalue weighted by Gasteiger charge is 2.56. The van der Waals surface area contributed by atoms with Crippen molar-refractivity contribution in [2.75, 3.05) is 38.2 Å². The molecule has 1 saturated heterocycles. The zero-order valence-corrected chi connectivity index (χ0v) is 18.4. The van der Waals surface area contributed by atoms with Gasteiger partial charge in [-0.05, 0) is 30.0 Å². The van der Waals surface area contributed by atoms with Gasteiger partial charge in [-0.25, -0.2) is 4.39 Å². The van der Waals surface area contributed by atoms with E-state index in [2.05, 4.69) is 0 Å². The van der Waals surface area contributed by atoms with E-state index in [4.69, 9.17) is 4.74 Å². The van der Waals surface area contributed by atoms with Gasteiger partial charge in [0.2, 0.25) is 0 Å². The van der Waals surface area contributed by atoms with Crippen LogP contribution < -0.4 is 4.74 Å². The second-order valence-electron chi connectivity index (χ2n) is 7.56. The fraction of sp³-hybridized carbons (Fsp3) is 0.700. The second-order valence-corrected chi connectivity index (χ2v) is 9.25. The van der Waals surface area contributed by atoms with Crippen molar-refractivity contribution in [3.8, 4) is 5.75 Å². The summed E-state index contributed by atoms with van der Waals surface area (Å²) >= 11 is 0. The quantitative estimate of drug-likeness (QED) is 0.681. The standard InChI is InChI=1S/C18H25F4NO3S.C2H6/c1-16(2,14-10-13(19)4-5-15(14)26-3)11-17(24,18(20,21)22)12-23-6-8-27(25)9-7-23;1-2/h4-5,10,24H,6-9,11-12H2,1-3H3;1-2H3. The van der Waals surface area contributed by atoms with Gasteiger partial charge in [-0.2, -0.15) is 13.2 Å². The van der Waals surface area contributed by atoms with Crippen molar-refractivity contribution in [2.24, 2.45) is 0 Å². The maximum atomic E-state index is 13.8. The molecular weight excluding hydrogens is 410 g/mol. The van der Waals surface area contributed by atoms with E-state index in [0.29, 0.717) is 0 Å². The van der Waals surface area contributed by atoms with Gasteiger partial charge in [0.15, 0.2) is 5.60 Å². The summed E-state index contributed by atoms with van der Waals surface area (Å²) in [5.74, 6) is 0.247. The molecule has 4 nitrogen and oxygen atoms in total. The van der Waals surface area contributed by atoms with Gasteiger partial charge in [0.25, 0.3) is 0 Å². The number of aliphatic hydroxyl groups is 1. The van der Waals surface area contributed by atoms with Crippen LogP contribution in [-0.4, -0.2) is 64.2 Å². The fourth-order valence-electron chi connectivity index (χ4n) is 3.48. The lowest BCUT2D eigenvalue weighted by Crippen LogP contribution is -2.57. The number of methoxy groups -OCH3 is 1. The van der Waals surface area contributed by atoms with E-state index >= 15 is 0 Å². The van der Waals surface area contributed by atoms with Crippen LogP contribution in [0.25, 0.3) is 0 Å².